The zero-order chi connectivity index (χ0) is 9.30. The van der Waals surface area contributed by atoms with Crippen LogP contribution in [0.1, 0.15) is 0 Å². The molecule has 0 bridgehead atoms. The lowest BCUT2D eigenvalue weighted by Crippen LogP contribution is -1.93. The Hall–Kier alpha value is -0.290. The fourth-order valence-electron chi connectivity index (χ4n) is 0.672. The lowest BCUT2D eigenvalue weighted by atomic mass is 10.3. The van der Waals surface area contributed by atoms with Crippen LogP contribution in [0.5, 0.6) is 0 Å². The highest BCUT2D eigenvalue weighted by Gasteiger charge is 2.04. The van der Waals surface area contributed by atoms with Gasteiger partial charge in [-0.1, -0.05) is 23.2 Å². The normalized spacial score (nSPS) is 12.9. The Morgan fingerprint density at radius 1 is 1.33 bits per heavy atom. The van der Waals surface area contributed by atoms with Crippen molar-refractivity contribution in [3.05, 3.63) is 22.2 Å². The first-order valence-electron chi connectivity index (χ1n) is 2.86. The quantitative estimate of drug-likeness (QED) is 0.585. The molecule has 66 valence electrons. The van der Waals surface area contributed by atoms with E-state index in [-0.39, 0.29) is 20.6 Å². The van der Waals surface area contributed by atoms with Gasteiger partial charge in [0.1, 0.15) is 0 Å². The maximum Gasteiger partial charge on any atom is 0.0648 e. The molecule has 1 unspecified atom stereocenters. The molecule has 0 spiro atoms. The number of benzene rings is 1. The van der Waals surface area contributed by atoms with E-state index in [1.807, 2.05) is 0 Å². The molecule has 12 heavy (non-hydrogen) atoms. The van der Waals surface area contributed by atoms with E-state index in [9.17, 15) is 8.76 Å². The van der Waals surface area contributed by atoms with Gasteiger partial charge in [-0.2, -0.15) is 0 Å². The zero-order valence-corrected chi connectivity index (χ0v) is 8.04. The highest BCUT2D eigenvalue weighted by atomic mass is 35.5. The third kappa shape index (κ3) is 1.90. The average molecular weight is 225 g/mol. The largest absolute Gasteiger partial charge is 0.768 e. The minimum Gasteiger partial charge on any atom is -0.768 e. The van der Waals surface area contributed by atoms with E-state index in [0.717, 1.165) is 0 Å². The van der Waals surface area contributed by atoms with E-state index in [0.29, 0.717) is 0 Å². The van der Waals surface area contributed by atoms with E-state index >= 15 is 0 Å². The number of halogens is 2. The number of hydrogen-bond acceptors (Lipinski definition) is 3. The van der Waals surface area contributed by atoms with E-state index in [1.54, 1.807) is 0 Å². The molecule has 0 heterocycles. The van der Waals surface area contributed by atoms with Crippen LogP contribution in [0.15, 0.2) is 17.0 Å². The van der Waals surface area contributed by atoms with Gasteiger partial charge in [0.05, 0.1) is 15.7 Å². The smallest absolute Gasteiger partial charge is 0.0648 e. The van der Waals surface area contributed by atoms with Crippen molar-refractivity contribution in [2.45, 2.75) is 4.90 Å². The van der Waals surface area contributed by atoms with E-state index in [1.165, 1.54) is 12.1 Å². The fourth-order valence-corrected chi connectivity index (χ4v) is 1.69. The first-order chi connectivity index (χ1) is 5.52. The van der Waals surface area contributed by atoms with Crippen molar-refractivity contribution in [2.75, 3.05) is 5.73 Å². The molecule has 1 rings (SSSR count). The molecule has 0 amide bonds. The van der Waals surface area contributed by atoms with Crippen LogP contribution in [0.2, 0.25) is 10.0 Å². The number of nitrogens with two attached hydrogens (primary N) is 1. The zero-order valence-electron chi connectivity index (χ0n) is 5.71. The standard InChI is InChI=1S/C6H5Cl2NO2S/c7-3-2-6(12(10)11)4(8)1-5(3)9/h1-2H,9H2,(H,10,11)/p-1. The van der Waals surface area contributed by atoms with Crippen molar-refractivity contribution in [3.8, 4) is 0 Å². The van der Waals surface area contributed by atoms with Gasteiger partial charge in [-0.3, -0.25) is 4.21 Å². The summed E-state index contributed by atoms with van der Waals surface area (Å²) in [7, 11) is 0. The second-order valence-corrected chi connectivity index (χ2v) is 3.76. The molecular weight excluding hydrogens is 221 g/mol. The van der Waals surface area contributed by atoms with Crippen molar-refractivity contribution >= 4 is 40.0 Å². The molecule has 0 aliphatic heterocycles. The van der Waals surface area contributed by atoms with Gasteiger partial charge in [0.2, 0.25) is 0 Å². The van der Waals surface area contributed by atoms with Gasteiger partial charge in [-0.15, -0.1) is 0 Å². The van der Waals surface area contributed by atoms with Crippen LogP contribution in [-0.2, 0) is 11.1 Å². The molecule has 0 saturated carbocycles. The number of anilines is 1. The van der Waals surface area contributed by atoms with E-state index < -0.39 is 11.1 Å². The Bertz CT molecular complexity index is 343. The van der Waals surface area contributed by atoms with Crippen molar-refractivity contribution in [1.82, 2.24) is 0 Å². The van der Waals surface area contributed by atoms with Crippen LogP contribution in [0, 0.1) is 0 Å². The number of rotatable bonds is 1. The van der Waals surface area contributed by atoms with Gasteiger partial charge in [0, 0.05) is 4.90 Å². The molecule has 6 heteroatoms. The highest BCUT2D eigenvalue weighted by Crippen LogP contribution is 2.28. The Kier molecular flexibility index (Phi) is 2.95. The molecule has 1 aromatic rings. The minimum absolute atomic E-state index is 0.0455. The summed E-state index contributed by atoms with van der Waals surface area (Å²) in [6.07, 6.45) is 0. The summed E-state index contributed by atoms with van der Waals surface area (Å²) >= 11 is 8.76. The maximum atomic E-state index is 10.5. The predicted octanol–water partition coefficient (Wildman–Crippen LogP) is 1.81. The highest BCUT2D eigenvalue weighted by molar-refractivity contribution is 7.79. The SMILES string of the molecule is Nc1cc(Cl)c(S(=O)[O-])cc1Cl. The number of nitrogen functional groups attached to an aromatic ring is 1. The molecule has 0 saturated heterocycles. The second kappa shape index (κ2) is 3.62. The Morgan fingerprint density at radius 3 is 2.42 bits per heavy atom. The van der Waals surface area contributed by atoms with Gasteiger partial charge in [0.15, 0.2) is 0 Å². The summed E-state index contributed by atoms with van der Waals surface area (Å²) in [4.78, 5) is -0.0455. The monoisotopic (exact) mass is 224 g/mol. The topological polar surface area (TPSA) is 66.2 Å². The third-order valence-corrected chi connectivity index (χ3v) is 2.68. The molecule has 3 nitrogen and oxygen atoms in total. The van der Waals surface area contributed by atoms with Gasteiger partial charge in [0.25, 0.3) is 0 Å². The molecule has 0 aliphatic rings. The maximum absolute atomic E-state index is 10.5. The summed E-state index contributed by atoms with van der Waals surface area (Å²) in [5.74, 6) is 0. The molecule has 0 radical (unpaired) electrons. The Balaban J connectivity index is 3.33. The summed E-state index contributed by atoms with van der Waals surface area (Å²) in [6, 6.07) is 2.51. The Labute approximate surface area is 81.8 Å². The van der Waals surface area contributed by atoms with Crippen LogP contribution in [-0.4, -0.2) is 8.76 Å². The van der Waals surface area contributed by atoms with Gasteiger partial charge in [-0.25, -0.2) is 0 Å². The lowest BCUT2D eigenvalue weighted by Gasteiger charge is -2.08. The first-order valence-corrected chi connectivity index (χ1v) is 4.69. The summed E-state index contributed by atoms with van der Waals surface area (Å²) in [5, 5.41) is 0.254. The molecule has 0 aliphatic carbocycles. The second-order valence-electron chi connectivity index (χ2n) is 2.04. The van der Waals surface area contributed by atoms with Crippen LogP contribution in [0.4, 0.5) is 5.69 Å². The molecule has 1 atom stereocenters. The third-order valence-electron chi connectivity index (χ3n) is 1.23. The number of hydrogen-bond donors (Lipinski definition) is 1. The molecular formula is C6H4Cl2NO2S-. The van der Waals surface area contributed by atoms with Gasteiger partial charge in [-0.05, 0) is 23.2 Å². The summed E-state index contributed by atoms with van der Waals surface area (Å²) in [6.45, 7) is 0. The van der Waals surface area contributed by atoms with Gasteiger partial charge >= 0.3 is 0 Å². The summed E-state index contributed by atoms with van der Waals surface area (Å²) < 4.78 is 21.0. The molecule has 0 aromatic heterocycles. The fraction of sp³-hybridized carbons (Fsp3) is 0. The van der Waals surface area contributed by atoms with Crippen molar-refractivity contribution in [1.29, 1.82) is 0 Å². The van der Waals surface area contributed by atoms with Crippen LogP contribution < -0.4 is 5.73 Å². The first kappa shape index (κ1) is 9.80. The van der Waals surface area contributed by atoms with E-state index in [2.05, 4.69) is 0 Å². The Morgan fingerprint density at radius 2 is 1.92 bits per heavy atom. The lowest BCUT2D eigenvalue weighted by molar-refractivity contribution is 0.537. The van der Waals surface area contributed by atoms with Crippen LogP contribution in [0.3, 0.4) is 0 Å². The van der Waals surface area contributed by atoms with Crippen LogP contribution >= 0.6 is 23.2 Å². The molecule has 0 fully saturated rings. The van der Waals surface area contributed by atoms with Gasteiger partial charge < -0.3 is 10.3 Å². The average Bonchev–Trinajstić information content (AvgIpc) is 1.96. The van der Waals surface area contributed by atoms with E-state index in [4.69, 9.17) is 28.9 Å². The van der Waals surface area contributed by atoms with Crippen molar-refractivity contribution in [2.24, 2.45) is 0 Å². The molecule has 1 aromatic carbocycles. The molecule has 2 N–H and O–H groups in total. The predicted molar refractivity (Wildman–Crippen MR) is 48.1 cm³/mol. The minimum atomic E-state index is -2.38. The van der Waals surface area contributed by atoms with Crippen LogP contribution in [0.25, 0.3) is 0 Å². The summed E-state index contributed by atoms with van der Waals surface area (Å²) in [5.41, 5.74) is 5.63. The van der Waals surface area contributed by atoms with Crippen molar-refractivity contribution in [3.63, 3.8) is 0 Å². The van der Waals surface area contributed by atoms with Crippen molar-refractivity contribution < 1.29 is 8.76 Å².